The van der Waals surface area contributed by atoms with E-state index in [-0.39, 0.29) is 30.1 Å². The van der Waals surface area contributed by atoms with Crippen molar-refractivity contribution < 1.29 is 14.6 Å². The number of benzene rings is 1. The van der Waals surface area contributed by atoms with Gasteiger partial charge in [0.25, 0.3) is 0 Å². The first-order chi connectivity index (χ1) is 10.5. The van der Waals surface area contributed by atoms with Crippen molar-refractivity contribution in [1.82, 2.24) is 4.90 Å². The van der Waals surface area contributed by atoms with Gasteiger partial charge >= 0.3 is 5.97 Å². The molecule has 2 bridgehead atoms. The number of carbonyl (C=O) groups is 1. The summed E-state index contributed by atoms with van der Waals surface area (Å²) < 4.78 is 5.60. The molecule has 4 atom stereocenters. The number of hydrogen-bond acceptors (Lipinski definition) is 4. The fourth-order valence-electron chi connectivity index (χ4n) is 3.69. The Bertz CT molecular complexity index is 516. The van der Waals surface area contributed by atoms with E-state index in [1.54, 1.807) is 0 Å². The maximum absolute atomic E-state index is 11.8. The maximum Gasteiger partial charge on any atom is 0.308 e. The molecule has 2 heterocycles. The number of rotatable bonds is 4. The highest BCUT2D eigenvalue weighted by Gasteiger charge is 2.47. The second-order valence-electron chi connectivity index (χ2n) is 6.87. The predicted octanol–water partition coefficient (Wildman–Crippen LogP) is 2.35. The van der Waals surface area contributed by atoms with Crippen LogP contribution in [-0.4, -0.2) is 40.3 Å². The van der Waals surface area contributed by atoms with Gasteiger partial charge in [-0.25, -0.2) is 0 Å². The van der Waals surface area contributed by atoms with Crippen LogP contribution in [0.1, 0.15) is 38.7 Å². The number of aliphatic hydroxyl groups excluding tert-OH is 1. The summed E-state index contributed by atoms with van der Waals surface area (Å²) >= 11 is 0. The number of fused-ring (bicyclic) bond motifs is 2. The van der Waals surface area contributed by atoms with Gasteiger partial charge in [-0.2, -0.15) is 0 Å². The highest BCUT2D eigenvalue weighted by Crippen LogP contribution is 2.38. The summed E-state index contributed by atoms with van der Waals surface area (Å²) in [4.78, 5) is 14.2. The van der Waals surface area contributed by atoms with Crippen molar-refractivity contribution in [1.29, 1.82) is 0 Å². The predicted molar refractivity (Wildman–Crippen MR) is 84.1 cm³/mol. The molecule has 2 saturated heterocycles. The number of nitrogens with zero attached hydrogens (tertiary/aromatic N) is 1. The molecule has 1 aromatic rings. The van der Waals surface area contributed by atoms with E-state index in [9.17, 15) is 9.90 Å². The van der Waals surface area contributed by atoms with Gasteiger partial charge in [-0.3, -0.25) is 9.69 Å². The zero-order chi connectivity index (χ0) is 15.7. The molecule has 3 rings (SSSR count). The van der Waals surface area contributed by atoms with E-state index >= 15 is 0 Å². The first kappa shape index (κ1) is 15.5. The smallest absolute Gasteiger partial charge is 0.308 e. The van der Waals surface area contributed by atoms with Crippen LogP contribution < -0.4 is 0 Å². The lowest BCUT2D eigenvalue weighted by Crippen LogP contribution is -2.47. The Morgan fingerprint density at radius 2 is 2.00 bits per heavy atom. The number of esters is 1. The second-order valence-corrected chi connectivity index (χ2v) is 6.87. The van der Waals surface area contributed by atoms with Crippen LogP contribution >= 0.6 is 0 Å². The highest BCUT2D eigenvalue weighted by molar-refractivity contribution is 5.71. The van der Waals surface area contributed by atoms with E-state index in [4.69, 9.17) is 4.74 Å². The molecule has 2 aliphatic rings. The topological polar surface area (TPSA) is 49.8 Å². The van der Waals surface area contributed by atoms with Crippen LogP contribution in [-0.2, 0) is 16.1 Å². The molecular weight excluding hydrogens is 278 g/mol. The van der Waals surface area contributed by atoms with Crippen LogP contribution in [0, 0.1) is 5.92 Å². The lowest BCUT2D eigenvalue weighted by Gasteiger charge is -2.38. The van der Waals surface area contributed by atoms with Crippen LogP contribution in [0.5, 0.6) is 0 Å². The van der Waals surface area contributed by atoms with Crippen molar-refractivity contribution in [3.63, 3.8) is 0 Å². The van der Waals surface area contributed by atoms with Crippen molar-refractivity contribution in [2.45, 2.75) is 63.9 Å². The molecule has 2 aliphatic heterocycles. The van der Waals surface area contributed by atoms with Crippen molar-refractivity contribution in [2.24, 2.45) is 5.92 Å². The Kier molecular flexibility index (Phi) is 4.50. The third-order valence-corrected chi connectivity index (χ3v) is 4.85. The summed E-state index contributed by atoms with van der Waals surface area (Å²) in [5.41, 5.74) is 1.27. The van der Waals surface area contributed by atoms with Gasteiger partial charge in [0.1, 0.15) is 6.10 Å². The summed E-state index contributed by atoms with van der Waals surface area (Å²) in [6, 6.07) is 10.8. The van der Waals surface area contributed by atoms with Gasteiger partial charge in [-0.15, -0.1) is 0 Å². The molecule has 2 fully saturated rings. The van der Waals surface area contributed by atoms with E-state index in [0.29, 0.717) is 6.04 Å². The molecule has 0 amide bonds. The first-order valence-corrected chi connectivity index (χ1v) is 8.23. The molecule has 0 saturated carbocycles. The van der Waals surface area contributed by atoms with E-state index in [0.717, 1.165) is 25.8 Å². The van der Waals surface area contributed by atoms with Crippen molar-refractivity contribution in [2.75, 3.05) is 0 Å². The third kappa shape index (κ3) is 3.18. The van der Waals surface area contributed by atoms with E-state index in [1.165, 1.54) is 5.56 Å². The van der Waals surface area contributed by atoms with Gasteiger partial charge in [-0.1, -0.05) is 44.2 Å². The summed E-state index contributed by atoms with van der Waals surface area (Å²) in [6.07, 6.45) is 2.00. The molecule has 4 nitrogen and oxygen atoms in total. The fourth-order valence-corrected chi connectivity index (χ4v) is 3.69. The SMILES string of the molecule is CC(C)C(=O)OC1CC2CC(O)C(C1)N2Cc1ccccc1. The molecule has 4 unspecified atom stereocenters. The van der Waals surface area contributed by atoms with Crippen LogP contribution in [0.4, 0.5) is 0 Å². The van der Waals surface area contributed by atoms with Crippen LogP contribution in [0.15, 0.2) is 30.3 Å². The number of hydrogen-bond donors (Lipinski definition) is 1. The summed E-state index contributed by atoms with van der Waals surface area (Å²) in [7, 11) is 0. The Morgan fingerprint density at radius 1 is 1.27 bits per heavy atom. The summed E-state index contributed by atoms with van der Waals surface area (Å²) in [5, 5.41) is 10.3. The average Bonchev–Trinajstić information content (AvgIpc) is 2.67. The first-order valence-electron chi connectivity index (χ1n) is 8.23. The van der Waals surface area contributed by atoms with Gasteiger partial charge in [0.05, 0.1) is 12.0 Å². The normalized spacial score (nSPS) is 31.5. The van der Waals surface area contributed by atoms with Crippen LogP contribution in [0.3, 0.4) is 0 Å². The van der Waals surface area contributed by atoms with Gasteiger partial charge in [-0.05, 0) is 12.0 Å². The standard InChI is InChI=1S/C18H25NO3/c1-12(2)18(21)22-15-8-14-9-17(20)16(10-15)19(14)11-13-6-4-3-5-7-13/h3-7,12,14-17,20H,8-11H2,1-2H3. The van der Waals surface area contributed by atoms with Crippen LogP contribution in [0.2, 0.25) is 0 Å². The largest absolute Gasteiger partial charge is 0.462 e. The van der Waals surface area contributed by atoms with Gasteiger partial charge in [0.15, 0.2) is 0 Å². The van der Waals surface area contributed by atoms with Gasteiger partial charge in [0.2, 0.25) is 0 Å². The van der Waals surface area contributed by atoms with E-state index in [1.807, 2.05) is 32.0 Å². The molecule has 22 heavy (non-hydrogen) atoms. The molecule has 1 N–H and O–H groups in total. The van der Waals surface area contributed by atoms with Crippen molar-refractivity contribution in [3.05, 3.63) is 35.9 Å². The molecule has 0 radical (unpaired) electrons. The molecule has 0 spiro atoms. The molecule has 4 heteroatoms. The molecule has 1 aromatic carbocycles. The Balaban J connectivity index is 1.66. The zero-order valence-electron chi connectivity index (χ0n) is 13.3. The van der Waals surface area contributed by atoms with Crippen LogP contribution in [0.25, 0.3) is 0 Å². The summed E-state index contributed by atoms with van der Waals surface area (Å²) in [6.45, 7) is 4.57. The van der Waals surface area contributed by atoms with E-state index < -0.39 is 0 Å². The molecule has 120 valence electrons. The number of piperidine rings is 1. The van der Waals surface area contributed by atoms with Gasteiger partial charge in [0, 0.05) is 31.5 Å². The lowest BCUT2D eigenvalue weighted by atomic mass is 9.98. The molecule has 0 aliphatic carbocycles. The zero-order valence-corrected chi connectivity index (χ0v) is 13.3. The quantitative estimate of drug-likeness (QED) is 0.868. The van der Waals surface area contributed by atoms with Crippen molar-refractivity contribution in [3.8, 4) is 0 Å². The lowest BCUT2D eigenvalue weighted by molar-refractivity contribution is -0.157. The minimum atomic E-state index is -0.309. The maximum atomic E-state index is 11.8. The minimum absolute atomic E-state index is 0.0472. The molecular formula is C18H25NO3. The number of ether oxygens (including phenoxy) is 1. The highest BCUT2D eigenvalue weighted by atomic mass is 16.5. The Morgan fingerprint density at radius 3 is 2.64 bits per heavy atom. The number of aliphatic hydroxyl groups is 1. The fraction of sp³-hybridized carbons (Fsp3) is 0.611. The summed E-state index contributed by atoms with van der Waals surface area (Å²) in [5.74, 6) is -0.222. The number of carbonyl (C=O) groups excluding carboxylic acids is 1. The van der Waals surface area contributed by atoms with Gasteiger partial charge < -0.3 is 9.84 Å². The second kappa shape index (κ2) is 6.39. The minimum Gasteiger partial charge on any atom is -0.462 e. The van der Waals surface area contributed by atoms with Crippen molar-refractivity contribution >= 4 is 5.97 Å². The Labute approximate surface area is 132 Å². The van der Waals surface area contributed by atoms with E-state index in [2.05, 4.69) is 17.0 Å². The average molecular weight is 303 g/mol. The third-order valence-electron chi connectivity index (χ3n) is 4.85. The molecule has 0 aromatic heterocycles. The monoisotopic (exact) mass is 303 g/mol. The Hall–Kier alpha value is -1.39.